The second kappa shape index (κ2) is 7.76. The second-order valence-electron chi connectivity index (χ2n) is 5.19. The van der Waals surface area contributed by atoms with E-state index in [2.05, 4.69) is 30.6 Å². The summed E-state index contributed by atoms with van der Waals surface area (Å²) in [5, 5.41) is 6.44. The first-order chi connectivity index (χ1) is 12.5. The largest absolute Gasteiger partial charge is 0.477 e. The van der Waals surface area contributed by atoms with Crippen molar-refractivity contribution in [1.29, 1.82) is 0 Å². The number of H-pyrrole nitrogens is 1. The number of nitrogens with one attached hydrogen (secondary N) is 3. The molecule has 0 radical (unpaired) electrons. The van der Waals surface area contributed by atoms with Gasteiger partial charge >= 0.3 is 0 Å². The summed E-state index contributed by atoms with van der Waals surface area (Å²) < 4.78 is 5.48. The van der Waals surface area contributed by atoms with E-state index in [1.54, 1.807) is 6.07 Å². The van der Waals surface area contributed by atoms with Crippen molar-refractivity contribution in [2.45, 2.75) is 13.8 Å². The van der Waals surface area contributed by atoms with Crippen LogP contribution >= 0.6 is 23.2 Å². The normalized spacial score (nSPS) is 10.8. The predicted octanol–water partition coefficient (Wildman–Crippen LogP) is 3.55. The smallest absolute Gasteiger partial charge is 0.256 e. The first-order valence-electron chi connectivity index (χ1n) is 7.91. The zero-order valence-corrected chi connectivity index (χ0v) is 15.6. The van der Waals surface area contributed by atoms with Gasteiger partial charge in [-0.1, -0.05) is 23.2 Å². The quantitative estimate of drug-likeness (QED) is 0.590. The molecular weight excluding hydrogens is 379 g/mol. The van der Waals surface area contributed by atoms with Crippen molar-refractivity contribution in [3.05, 3.63) is 34.1 Å². The summed E-state index contributed by atoms with van der Waals surface area (Å²) in [5.74, 6) is 0.330. The van der Waals surface area contributed by atoms with Crippen LogP contribution in [0.4, 0.5) is 11.6 Å². The molecule has 0 spiro atoms. The van der Waals surface area contributed by atoms with Crippen LogP contribution in [0.15, 0.2) is 18.5 Å². The third kappa shape index (κ3) is 3.66. The number of pyridine rings is 2. The first-order valence-corrected chi connectivity index (χ1v) is 8.66. The number of amides is 1. The number of ether oxygens (including phenoxy) is 1. The van der Waals surface area contributed by atoms with E-state index < -0.39 is 0 Å². The van der Waals surface area contributed by atoms with Gasteiger partial charge in [0, 0.05) is 18.9 Å². The molecule has 0 atom stereocenters. The molecule has 3 heterocycles. The molecule has 0 saturated carbocycles. The Morgan fingerprint density at radius 1 is 1.23 bits per heavy atom. The van der Waals surface area contributed by atoms with Gasteiger partial charge in [0.15, 0.2) is 5.65 Å². The Morgan fingerprint density at radius 2 is 1.96 bits per heavy atom. The molecule has 3 aromatic heterocycles. The van der Waals surface area contributed by atoms with Gasteiger partial charge in [-0.2, -0.15) is 9.97 Å². The summed E-state index contributed by atoms with van der Waals surface area (Å²) >= 11 is 12.2. The van der Waals surface area contributed by atoms with Crippen molar-refractivity contribution >= 4 is 51.9 Å². The standard InChI is InChI=1S/C16H16Cl2N6O2/c1-3-20-14(25)8-5-11-13(23-15(8)26-4-2)24-16(21-11)22-12-9(17)6-19-7-10(12)18/h5-7H,3-4H2,1-2H3,(H,20,25)(H2,19,21,22,23,24). The van der Waals surface area contributed by atoms with E-state index in [-0.39, 0.29) is 11.8 Å². The molecule has 0 aliphatic carbocycles. The number of aromatic nitrogens is 4. The van der Waals surface area contributed by atoms with Crippen LogP contribution in [0.25, 0.3) is 11.2 Å². The number of imidazole rings is 1. The lowest BCUT2D eigenvalue weighted by atomic mass is 10.2. The molecular formula is C16H16Cl2N6O2. The Hall–Kier alpha value is -2.58. The summed E-state index contributed by atoms with van der Waals surface area (Å²) in [5.41, 5.74) is 1.76. The molecule has 0 fully saturated rings. The zero-order chi connectivity index (χ0) is 18.7. The zero-order valence-electron chi connectivity index (χ0n) is 14.1. The number of halogens is 2. The van der Waals surface area contributed by atoms with Crippen LogP contribution in [0.2, 0.25) is 10.0 Å². The number of hydrogen-bond acceptors (Lipinski definition) is 6. The minimum absolute atomic E-state index is 0.226. The topological polar surface area (TPSA) is 105 Å². The maximum Gasteiger partial charge on any atom is 0.256 e. The first kappa shape index (κ1) is 18.2. The molecule has 3 rings (SSSR count). The summed E-state index contributed by atoms with van der Waals surface area (Å²) in [6.45, 7) is 4.53. The molecule has 1 amide bonds. The van der Waals surface area contributed by atoms with Crippen LogP contribution in [0, 0.1) is 0 Å². The van der Waals surface area contributed by atoms with E-state index in [0.29, 0.717) is 51.6 Å². The van der Waals surface area contributed by atoms with Gasteiger partial charge in [-0.05, 0) is 19.9 Å². The van der Waals surface area contributed by atoms with E-state index in [1.165, 1.54) is 12.4 Å². The molecule has 0 aliphatic heterocycles. The van der Waals surface area contributed by atoms with Crippen molar-refractivity contribution in [1.82, 2.24) is 25.3 Å². The highest BCUT2D eigenvalue weighted by atomic mass is 35.5. The number of carbonyl (C=O) groups excluding carboxylic acids is 1. The highest BCUT2D eigenvalue weighted by Gasteiger charge is 2.18. The Bertz CT molecular complexity index is 939. The third-order valence-electron chi connectivity index (χ3n) is 3.40. The molecule has 136 valence electrons. The van der Waals surface area contributed by atoms with Crippen LogP contribution in [-0.2, 0) is 0 Å². The minimum Gasteiger partial charge on any atom is -0.477 e. The molecule has 26 heavy (non-hydrogen) atoms. The average Bonchev–Trinajstić information content (AvgIpc) is 2.99. The predicted molar refractivity (Wildman–Crippen MR) is 101 cm³/mol. The summed E-state index contributed by atoms with van der Waals surface area (Å²) in [6, 6.07) is 1.65. The number of nitrogens with zero attached hydrogens (tertiary/aromatic N) is 3. The fraction of sp³-hybridized carbons (Fsp3) is 0.250. The van der Waals surface area contributed by atoms with Crippen LogP contribution < -0.4 is 15.4 Å². The van der Waals surface area contributed by atoms with Crippen LogP contribution in [0.1, 0.15) is 24.2 Å². The Labute approximate surface area is 159 Å². The Balaban J connectivity index is 2.01. The van der Waals surface area contributed by atoms with Gasteiger partial charge in [-0.3, -0.25) is 9.78 Å². The number of anilines is 2. The van der Waals surface area contributed by atoms with Gasteiger partial charge in [-0.15, -0.1) is 0 Å². The highest BCUT2D eigenvalue weighted by Crippen LogP contribution is 2.31. The number of hydrogen-bond donors (Lipinski definition) is 3. The van der Waals surface area contributed by atoms with E-state index in [0.717, 1.165) is 0 Å². The van der Waals surface area contributed by atoms with Crippen LogP contribution in [-0.4, -0.2) is 39.0 Å². The monoisotopic (exact) mass is 394 g/mol. The lowest BCUT2D eigenvalue weighted by Crippen LogP contribution is -2.23. The van der Waals surface area contributed by atoms with Gasteiger partial charge in [0.2, 0.25) is 11.8 Å². The molecule has 0 bridgehead atoms. The Kier molecular flexibility index (Phi) is 5.43. The van der Waals surface area contributed by atoms with Gasteiger partial charge < -0.3 is 20.4 Å². The van der Waals surface area contributed by atoms with Crippen molar-refractivity contribution in [2.75, 3.05) is 18.5 Å². The SMILES string of the molecule is CCNC(=O)c1cc2[nH]c(Nc3c(Cl)cncc3Cl)nc2nc1OCC. The van der Waals surface area contributed by atoms with Crippen LogP contribution in [0.3, 0.4) is 0 Å². The van der Waals surface area contributed by atoms with Gasteiger partial charge in [0.1, 0.15) is 5.56 Å². The van der Waals surface area contributed by atoms with Crippen molar-refractivity contribution < 1.29 is 9.53 Å². The summed E-state index contributed by atoms with van der Waals surface area (Å²) in [4.78, 5) is 27.9. The fourth-order valence-corrected chi connectivity index (χ4v) is 2.76. The maximum atomic E-state index is 12.2. The Morgan fingerprint density at radius 3 is 2.62 bits per heavy atom. The molecule has 8 nitrogen and oxygen atoms in total. The third-order valence-corrected chi connectivity index (χ3v) is 3.97. The maximum absolute atomic E-state index is 12.2. The molecule has 0 aliphatic rings. The number of aromatic amines is 1. The number of fused-ring (bicyclic) bond motifs is 1. The fourth-order valence-electron chi connectivity index (χ4n) is 2.30. The van der Waals surface area contributed by atoms with Crippen molar-refractivity contribution in [3.63, 3.8) is 0 Å². The minimum atomic E-state index is -0.269. The van der Waals surface area contributed by atoms with E-state index >= 15 is 0 Å². The average molecular weight is 395 g/mol. The van der Waals surface area contributed by atoms with E-state index in [4.69, 9.17) is 27.9 Å². The van der Waals surface area contributed by atoms with Crippen molar-refractivity contribution in [2.24, 2.45) is 0 Å². The molecule has 0 unspecified atom stereocenters. The lowest BCUT2D eigenvalue weighted by Gasteiger charge is -2.08. The molecule has 0 aromatic carbocycles. The van der Waals surface area contributed by atoms with Crippen molar-refractivity contribution in [3.8, 4) is 5.88 Å². The van der Waals surface area contributed by atoms with Gasteiger partial charge in [0.25, 0.3) is 5.91 Å². The number of carbonyl (C=O) groups is 1. The van der Waals surface area contributed by atoms with E-state index in [9.17, 15) is 4.79 Å². The van der Waals surface area contributed by atoms with Gasteiger partial charge in [-0.25, -0.2) is 0 Å². The molecule has 10 heteroatoms. The molecule has 3 aromatic rings. The van der Waals surface area contributed by atoms with Gasteiger partial charge in [0.05, 0.1) is 27.9 Å². The molecule has 3 N–H and O–H groups in total. The highest BCUT2D eigenvalue weighted by molar-refractivity contribution is 6.39. The second-order valence-corrected chi connectivity index (χ2v) is 6.01. The van der Waals surface area contributed by atoms with Crippen LogP contribution in [0.5, 0.6) is 5.88 Å². The lowest BCUT2D eigenvalue weighted by molar-refractivity contribution is 0.0951. The number of rotatable bonds is 6. The summed E-state index contributed by atoms with van der Waals surface area (Å²) in [7, 11) is 0. The molecule has 0 saturated heterocycles. The van der Waals surface area contributed by atoms with E-state index in [1.807, 2.05) is 13.8 Å². The summed E-state index contributed by atoms with van der Waals surface area (Å²) in [6.07, 6.45) is 2.94.